The summed E-state index contributed by atoms with van der Waals surface area (Å²) in [6, 6.07) is 17.6. The number of hydrogen-bond acceptors (Lipinski definition) is 3. The summed E-state index contributed by atoms with van der Waals surface area (Å²) in [6.07, 6.45) is 5.67. The first-order chi connectivity index (χ1) is 13.7. The molecule has 1 saturated heterocycles. The average molecular weight is 395 g/mol. The number of hydrogen-bond donors (Lipinski definition) is 1. The molecule has 6 heteroatoms. The lowest BCUT2D eigenvalue weighted by Gasteiger charge is -2.32. The summed E-state index contributed by atoms with van der Waals surface area (Å²) >= 11 is 5.91. The number of halogens is 1. The molecule has 1 N–H and O–H groups in total. The minimum Gasteiger partial charge on any atom is -0.326 e. The summed E-state index contributed by atoms with van der Waals surface area (Å²) in [7, 11) is 0. The van der Waals surface area contributed by atoms with Gasteiger partial charge in [-0.15, -0.1) is 0 Å². The highest BCUT2D eigenvalue weighted by Gasteiger charge is 2.25. The number of anilines is 1. The Balaban J connectivity index is 1.34. The standard InChI is InChI=1S/C22H23ClN4O/c23-19-6-8-20(9-7-19)25-22(28)18-3-1-13-26(16-18)15-17-4-10-21(11-5-17)27-14-2-12-24-27/h2,4-12,14,18H,1,3,13,15-16H2,(H,25,28). The SMILES string of the molecule is O=C(Nc1ccc(Cl)cc1)C1CCCN(Cc2ccc(-n3cccn3)cc2)C1. The minimum atomic E-state index is 0.00720. The number of carbonyl (C=O) groups is 1. The van der Waals surface area contributed by atoms with Crippen LogP contribution in [0.4, 0.5) is 5.69 Å². The molecule has 2 aromatic carbocycles. The van der Waals surface area contributed by atoms with Gasteiger partial charge in [-0.2, -0.15) is 5.10 Å². The van der Waals surface area contributed by atoms with Gasteiger partial charge in [-0.1, -0.05) is 23.7 Å². The van der Waals surface area contributed by atoms with E-state index in [9.17, 15) is 4.79 Å². The molecule has 0 saturated carbocycles. The fourth-order valence-electron chi connectivity index (χ4n) is 3.62. The first-order valence-electron chi connectivity index (χ1n) is 9.55. The molecule has 1 aromatic heterocycles. The van der Waals surface area contributed by atoms with Gasteiger partial charge in [0.05, 0.1) is 11.6 Å². The van der Waals surface area contributed by atoms with Gasteiger partial charge in [0.2, 0.25) is 5.91 Å². The summed E-state index contributed by atoms with van der Waals surface area (Å²) in [5.74, 6) is 0.0915. The number of piperidine rings is 1. The molecule has 3 aromatic rings. The van der Waals surface area contributed by atoms with Gasteiger partial charge in [0, 0.05) is 36.2 Å². The molecule has 1 aliphatic heterocycles. The van der Waals surface area contributed by atoms with Crippen LogP contribution in [0.15, 0.2) is 67.0 Å². The molecule has 0 bridgehead atoms. The molecule has 1 fully saturated rings. The number of nitrogens with zero attached hydrogens (tertiary/aromatic N) is 3. The van der Waals surface area contributed by atoms with E-state index in [1.807, 2.05) is 29.1 Å². The third-order valence-corrected chi connectivity index (χ3v) is 5.35. The maximum absolute atomic E-state index is 12.6. The summed E-state index contributed by atoms with van der Waals surface area (Å²) in [5.41, 5.74) is 3.09. The Morgan fingerprint density at radius 3 is 2.64 bits per heavy atom. The van der Waals surface area contributed by atoms with Crippen molar-refractivity contribution in [1.82, 2.24) is 14.7 Å². The Labute approximate surface area is 169 Å². The highest BCUT2D eigenvalue weighted by molar-refractivity contribution is 6.30. The van der Waals surface area contributed by atoms with Crippen LogP contribution in [0.1, 0.15) is 18.4 Å². The average Bonchev–Trinajstić information content (AvgIpc) is 3.25. The number of rotatable bonds is 5. The molecule has 144 valence electrons. The van der Waals surface area contributed by atoms with Crippen molar-refractivity contribution in [2.45, 2.75) is 19.4 Å². The zero-order chi connectivity index (χ0) is 19.3. The van der Waals surface area contributed by atoms with Crippen molar-refractivity contribution in [1.29, 1.82) is 0 Å². The third kappa shape index (κ3) is 4.61. The lowest BCUT2D eigenvalue weighted by atomic mass is 9.96. The van der Waals surface area contributed by atoms with Crippen molar-refractivity contribution < 1.29 is 4.79 Å². The molecule has 1 unspecified atom stereocenters. The van der Waals surface area contributed by atoms with Gasteiger partial charge in [-0.25, -0.2) is 4.68 Å². The molecule has 0 aliphatic carbocycles. The van der Waals surface area contributed by atoms with E-state index < -0.39 is 0 Å². The topological polar surface area (TPSA) is 50.2 Å². The van der Waals surface area contributed by atoms with Crippen molar-refractivity contribution in [3.8, 4) is 5.69 Å². The molecule has 1 atom stereocenters. The van der Waals surface area contributed by atoms with Gasteiger partial charge in [-0.3, -0.25) is 9.69 Å². The van der Waals surface area contributed by atoms with Crippen molar-refractivity contribution in [2.24, 2.45) is 5.92 Å². The van der Waals surface area contributed by atoms with E-state index in [4.69, 9.17) is 11.6 Å². The maximum atomic E-state index is 12.6. The molecule has 28 heavy (non-hydrogen) atoms. The van der Waals surface area contributed by atoms with Crippen LogP contribution in [0.3, 0.4) is 0 Å². The summed E-state index contributed by atoms with van der Waals surface area (Å²) in [4.78, 5) is 15.0. The zero-order valence-corrected chi connectivity index (χ0v) is 16.3. The van der Waals surface area contributed by atoms with E-state index in [-0.39, 0.29) is 11.8 Å². The van der Waals surface area contributed by atoms with Gasteiger partial charge >= 0.3 is 0 Å². The van der Waals surface area contributed by atoms with Gasteiger partial charge in [0.1, 0.15) is 0 Å². The monoisotopic (exact) mass is 394 g/mol. The number of benzene rings is 2. The molecule has 2 heterocycles. The Kier molecular flexibility index (Phi) is 5.74. The molecule has 4 rings (SSSR count). The van der Waals surface area contributed by atoms with Gasteiger partial charge in [-0.05, 0) is 67.4 Å². The normalized spacial score (nSPS) is 17.4. The van der Waals surface area contributed by atoms with E-state index in [1.165, 1.54) is 5.56 Å². The highest BCUT2D eigenvalue weighted by atomic mass is 35.5. The fraction of sp³-hybridized carbons (Fsp3) is 0.273. The Morgan fingerprint density at radius 2 is 1.93 bits per heavy atom. The van der Waals surface area contributed by atoms with Crippen molar-refractivity contribution in [3.05, 3.63) is 77.6 Å². The molecule has 1 aliphatic rings. The van der Waals surface area contributed by atoms with Crippen LogP contribution in [0.5, 0.6) is 0 Å². The smallest absolute Gasteiger partial charge is 0.228 e. The van der Waals surface area contributed by atoms with Crippen LogP contribution in [0.2, 0.25) is 5.02 Å². The highest BCUT2D eigenvalue weighted by Crippen LogP contribution is 2.21. The van der Waals surface area contributed by atoms with Crippen LogP contribution >= 0.6 is 11.6 Å². The number of carbonyl (C=O) groups excluding carboxylic acids is 1. The maximum Gasteiger partial charge on any atom is 0.228 e. The first kappa shape index (κ1) is 18.7. The fourth-order valence-corrected chi connectivity index (χ4v) is 3.75. The van der Waals surface area contributed by atoms with Crippen molar-refractivity contribution in [3.63, 3.8) is 0 Å². The van der Waals surface area contributed by atoms with E-state index in [1.54, 1.807) is 18.3 Å². The number of nitrogens with one attached hydrogen (secondary N) is 1. The predicted octanol–water partition coefficient (Wildman–Crippen LogP) is 4.38. The lowest BCUT2D eigenvalue weighted by Crippen LogP contribution is -2.40. The third-order valence-electron chi connectivity index (χ3n) is 5.10. The van der Waals surface area contributed by atoms with Gasteiger partial charge in [0.25, 0.3) is 0 Å². The first-order valence-corrected chi connectivity index (χ1v) is 9.93. The van der Waals surface area contributed by atoms with Gasteiger partial charge < -0.3 is 5.32 Å². The van der Waals surface area contributed by atoms with Crippen LogP contribution < -0.4 is 5.32 Å². The van der Waals surface area contributed by atoms with E-state index in [2.05, 4.69) is 39.6 Å². The molecule has 0 radical (unpaired) electrons. The second kappa shape index (κ2) is 8.59. The number of likely N-dealkylation sites (tertiary alicyclic amines) is 1. The minimum absolute atomic E-state index is 0.00720. The Bertz CT molecular complexity index is 907. The van der Waals surface area contributed by atoms with E-state index >= 15 is 0 Å². The van der Waals surface area contributed by atoms with Crippen LogP contribution in [0.25, 0.3) is 5.69 Å². The second-order valence-corrected chi connectivity index (χ2v) is 7.62. The zero-order valence-electron chi connectivity index (χ0n) is 15.6. The molecule has 0 spiro atoms. The quantitative estimate of drug-likeness (QED) is 0.698. The van der Waals surface area contributed by atoms with Crippen molar-refractivity contribution >= 4 is 23.2 Å². The summed E-state index contributed by atoms with van der Waals surface area (Å²) in [6.45, 7) is 2.65. The van der Waals surface area contributed by atoms with Crippen LogP contribution in [-0.4, -0.2) is 33.7 Å². The lowest BCUT2D eigenvalue weighted by molar-refractivity contribution is -0.121. The van der Waals surface area contributed by atoms with E-state index in [0.29, 0.717) is 5.02 Å². The largest absolute Gasteiger partial charge is 0.326 e. The van der Waals surface area contributed by atoms with Crippen molar-refractivity contribution in [2.75, 3.05) is 18.4 Å². The Morgan fingerprint density at radius 1 is 1.14 bits per heavy atom. The number of amides is 1. The predicted molar refractivity (Wildman–Crippen MR) is 112 cm³/mol. The molecule has 1 amide bonds. The molecular formula is C22H23ClN4O. The number of aromatic nitrogens is 2. The van der Waals surface area contributed by atoms with Crippen LogP contribution in [-0.2, 0) is 11.3 Å². The van der Waals surface area contributed by atoms with Gasteiger partial charge in [0.15, 0.2) is 0 Å². The van der Waals surface area contributed by atoms with E-state index in [0.717, 1.165) is 43.9 Å². The summed E-state index contributed by atoms with van der Waals surface area (Å²) in [5, 5.41) is 7.93. The summed E-state index contributed by atoms with van der Waals surface area (Å²) < 4.78 is 1.85. The molecular weight excluding hydrogens is 372 g/mol. The van der Waals surface area contributed by atoms with Crippen LogP contribution in [0, 0.1) is 5.92 Å². The molecule has 5 nitrogen and oxygen atoms in total. The Hall–Kier alpha value is -2.63. The second-order valence-electron chi connectivity index (χ2n) is 7.19.